The predicted molar refractivity (Wildman–Crippen MR) is 103 cm³/mol. The zero-order chi connectivity index (χ0) is 15.9. The number of hydrogen-bond donors (Lipinski definition) is 1. The molecule has 0 aliphatic heterocycles. The molecular weight excluding hydrogens is 354 g/mol. The van der Waals surface area contributed by atoms with Gasteiger partial charge in [0.25, 0.3) is 5.65 Å². The normalized spacial score (nSPS) is 11.3. The second-order valence-corrected chi connectivity index (χ2v) is 8.44. The molecular formula is C18H12N3S3+. The van der Waals surface area contributed by atoms with Crippen LogP contribution in [-0.4, -0.2) is 9.97 Å². The zero-order valence-corrected chi connectivity index (χ0v) is 14.9. The van der Waals surface area contributed by atoms with E-state index < -0.39 is 0 Å². The summed E-state index contributed by atoms with van der Waals surface area (Å²) in [5, 5.41) is 2.13. The van der Waals surface area contributed by atoms with Crippen LogP contribution in [0.1, 0.15) is 0 Å². The van der Waals surface area contributed by atoms with Crippen LogP contribution in [-0.2, 0) is 0 Å². The number of aromatic amines is 2. The summed E-state index contributed by atoms with van der Waals surface area (Å²) in [5.74, 6) is 0. The minimum Gasteiger partial charge on any atom is -0.274 e. The summed E-state index contributed by atoms with van der Waals surface area (Å²) < 4.78 is 0. The van der Waals surface area contributed by atoms with Gasteiger partial charge in [-0.2, -0.15) is 0 Å². The average molecular weight is 367 g/mol. The first-order valence-corrected chi connectivity index (χ1v) is 9.98. The van der Waals surface area contributed by atoms with Crippen molar-refractivity contribution in [2.24, 2.45) is 0 Å². The number of nitrogens with one attached hydrogen (secondary N) is 2. The largest absolute Gasteiger partial charge is 0.299 e. The van der Waals surface area contributed by atoms with Gasteiger partial charge in [-0.3, -0.25) is 4.98 Å². The highest BCUT2D eigenvalue weighted by atomic mass is 32.1. The van der Waals surface area contributed by atoms with Crippen molar-refractivity contribution in [2.45, 2.75) is 0 Å². The van der Waals surface area contributed by atoms with Crippen LogP contribution < -0.4 is 4.98 Å². The molecule has 0 fully saturated rings. The molecule has 0 saturated heterocycles. The lowest BCUT2D eigenvalue weighted by molar-refractivity contribution is -0.347. The Morgan fingerprint density at radius 3 is 2.38 bits per heavy atom. The molecule has 3 nitrogen and oxygen atoms in total. The van der Waals surface area contributed by atoms with E-state index in [1.165, 1.54) is 29.9 Å². The first-order valence-electron chi connectivity index (χ1n) is 7.46. The second kappa shape index (κ2) is 5.66. The quantitative estimate of drug-likeness (QED) is 0.446. The Morgan fingerprint density at radius 1 is 0.833 bits per heavy atom. The van der Waals surface area contributed by atoms with Crippen LogP contribution in [0.25, 0.3) is 41.1 Å². The van der Waals surface area contributed by atoms with Crippen LogP contribution >= 0.6 is 34.0 Å². The Bertz CT molecular complexity index is 1120. The van der Waals surface area contributed by atoms with Gasteiger partial charge in [-0.25, -0.2) is 4.98 Å². The average Bonchev–Trinajstić information content (AvgIpc) is 3.41. The summed E-state index contributed by atoms with van der Waals surface area (Å²) >= 11 is 5.46. The number of aromatic nitrogens is 3. The molecule has 0 spiro atoms. The van der Waals surface area contributed by atoms with E-state index in [0.29, 0.717) is 0 Å². The molecule has 0 unspecified atom stereocenters. The molecule has 116 valence electrons. The molecule has 24 heavy (non-hydrogen) atoms. The summed E-state index contributed by atoms with van der Waals surface area (Å²) in [6.45, 7) is 0. The van der Waals surface area contributed by atoms with Gasteiger partial charge in [-0.1, -0.05) is 6.07 Å². The lowest BCUT2D eigenvalue weighted by atomic mass is 10.2. The van der Waals surface area contributed by atoms with Gasteiger partial charge in [-0.15, -0.1) is 39.0 Å². The van der Waals surface area contributed by atoms with E-state index >= 15 is 0 Å². The molecule has 0 aliphatic carbocycles. The smallest absolute Gasteiger partial charge is 0.274 e. The van der Waals surface area contributed by atoms with Crippen LogP contribution in [0.3, 0.4) is 0 Å². The molecule has 5 aromatic heterocycles. The zero-order valence-electron chi connectivity index (χ0n) is 12.4. The lowest BCUT2D eigenvalue weighted by Crippen LogP contribution is -1.96. The fourth-order valence-electron chi connectivity index (χ4n) is 2.74. The van der Waals surface area contributed by atoms with Gasteiger partial charge in [0.15, 0.2) is 11.8 Å². The van der Waals surface area contributed by atoms with Crippen molar-refractivity contribution in [1.29, 1.82) is 0 Å². The monoisotopic (exact) mass is 366 g/mol. The maximum atomic E-state index is 4.35. The van der Waals surface area contributed by atoms with E-state index in [1.54, 1.807) is 11.3 Å². The fraction of sp³-hybridized carbons (Fsp3) is 0. The molecule has 0 aromatic carbocycles. The maximum Gasteiger partial charge on any atom is 0.299 e. The van der Waals surface area contributed by atoms with Crippen molar-refractivity contribution in [1.82, 2.24) is 9.97 Å². The summed E-state index contributed by atoms with van der Waals surface area (Å²) in [6.07, 6.45) is 3.67. The lowest BCUT2D eigenvalue weighted by Gasteiger charge is -1.95. The SMILES string of the molecule is c1csc(-c2ccc(-c3ccc(-c4ccnc5[nH+]c[nH]c45)s3)s2)c1. The van der Waals surface area contributed by atoms with E-state index in [1.807, 2.05) is 35.2 Å². The predicted octanol–water partition coefficient (Wildman–Crippen LogP) is 5.56. The minimum atomic E-state index is 0.888. The number of nitrogens with zero attached hydrogens (tertiary/aromatic N) is 1. The van der Waals surface area contributed by atoms with Crippen LogP contribution in [0.4, 0.5) is 0 Å². The first kappa shape index (κ1) is 14.1. The van der Waals surface area contributed by atoms with Crippen molar-refractivity contribution in [3.05, 3.63) is 60.4 Å². The highest BCUT2D eigenvalue weighted by molar-refractivity contribution is 7.27. The number of rotatable bonds is 3. The number of hydrogen-bond acceptors (Lipinski definition) is 4. The number of thiophene rings is 3. The molecule has 0 saturated carbocycles. The molecule has 2 N–H and O–H groups in total. The highest BCUT2D eigenvalue weighted by Crippen LogP contribution is 2.41. The third kappa shape index (κ3) is 2.31. The van der Waals surface area contributed by atoms with E-state index in [0.717, 1.165) is 11.2 Å². The number of H-pyrrole nitrogens is 2. The van der Waals surface area contributed by atoms with Gasteiger partial charge < -0.3 is 0 Å². The van der Waals surface area contributed by atoms with Gasteiger partial charge in [0, 0.05) is 29.9 Å². The van der Waals surface area contributed by atoms with Gasteiger partial charge >= 0.3 is 0 Å². The van der Waals surface area contributed by atoms with E-state index in [2.05, 4.69) is 62.8 Å². The van der Waals surface area contributed by atoms with Crippen molar-refractivity contribution in [3.63, 3.8) is 0 Å². The molecule has 0 amide bonds. The third-order valence-corrected chi connectivity index (χ3v) is 7.33. The number of imidazole rings is 1. The van der Waals surface area contributed by atoms with Gasteiger partial charge in [-0.05, 0) is 41.8 Å². The van der Waals surface area contributed by atoms with Crippen LogP contribution in [0.2, 0.25) is 0 Å². The summed E-state index contributed by atoms with van der Waals surface area (Å²) in [4.78, 5) is 17.3. The Morgan fingerprint density at radius 2 is 1.58 bits per heavy atom. The molecule has 5 aromatic rings. The molecule has 0 atom stereocenters. The fourth-order valence-corrected chi connectivity index (χ4v) is 5.70. The van der Waals surface area contributed by atoms with Crippen LogP contribution in [0.15, 0.2) is 60.4 Å². The topological polar surface area (TPSA) is 42.8 Å². The molecule has 0 bridgehead atoms. The Kier molecular flexibility index (Phi) is 3.33. The van der Waals surface area contributed by atoms with E-state index in [-0.39, 0.29) is 0 Å². The van der Waals surface area contributed by atoms with Crippen LogP contribution in [0.5, 0.6) is 0 Å². The summed E-state index contributed by atoms with van der Waals surface area (Å²) in [5.41, 5.74) is 3.13. The Balaban J connectivity index is 1.55. The van der Waals surface area contributed by atoms with Gasteiger partial charge in [0.2, 0.25) is 0 Å². The summed E-state index contributed by atoms with van der Waals surface area (Å²) in [7, 11) is 0. The van der Waals surface area contributed by atoms with Crippen molar-refractivity contribution in [2.75, 3.05) is 0 Å². The number of fused-ring (bicyclic) bond motifs is 1. The van der Waals surface area contributed by atoms with Gasteiger partial charge in [0.05, 0.1) is 0 Å². The van der Waals surface area contributed by atoms with Crippen LogP contribution in [0, 0.1) is 0 Å². The first-order chi connectivity index (χ1) is 11.9. The molecule has 0 radical (unpaired) electrons. The van der Waals surface area contributed by atoms with E-state index in [4.69, 9.17) is 0 Å². The maximum absolute atomic E-state index is 4.35. The Labute approximate surface area is 150 Å². The molecule has 5 rings (SSSR count). The second-order valence-electron chi connectivity index (χ2n) is 5.32. The molecule has 6 heteroatoms. The van der Waals surface area contributed by atoms with Crippen molar-refractivity contribution in [3.8, 4) is 29.9 Å². The Hall–Kier alpha value is -2.28. The molecule has 0 aliphatic rings. The highest BCUT2D eigenvalue weighted by Gasteiger charge is 2.14. The minimum absolute atomic E-state index is 0.888. The number of pyridine rings is 1. The standard InChI is InChI=1S/C18H11N3S3/c1-2-13(22-9-1)14-5-6-16(24-14)15-4-3-12(23-15)11-7-8-19-18-17(11)20-10-21-18/h1-10H,(H,19,20,21)/p+1. The van der Waals surface area contributed by atoms with Gasteiger partial charge in [0.1, 0.15) is 6.20 Å². The van der Waals surface area contributed by atoms with E-state index in [9.17, 15) is 0 Å². The third-order valence-electron chi connectivity index (χ3n) is 3.86. The summed E-state index contributed by atoms with van der Waals surface area (Å²) in [6, 6.07) is 15.2. The molecule has 5 heterocycles. The van der Waals surface area contributed by atoms with Crippen molar-refractivity contribution >= 4 is 45.2 Å². The van der Waals surface area contributed by atoms with Crippen molar-refractivity contribution < 1.29 is 4.98 Å².